The zero-order valence-electron chi connectivity index (χ0n) is 12.7. The van der Waals surface area contributed by atoms with Crippen molar-refractivity contribution in [2.24, 2.45) is 5.73 Å². The van der Waals surface area contributed by atoms with Crippen molar-refractivity contribution in [2.45, 2.75) is 58.1 Å². The van der Waals surface area contributed by atoms with E-state index in [1.54, 1.807) is 0 Å². The molecule has 0 saturated heterocycles. The van der Waals surface area contributed by atoms with Gasteiger partial charge in [0.25, 0.3) is 0 Å². The lowest BCUT2D eigenvalue weighted by Gasteiger charge is -2.19. The average Bonchev–Trinajstić information content (AvgIpc) is 2.29. The number of carbonyl (C=O) groups is 2. The molecule has 0 aromatic carbocycles. The van der Waals surface area contributed by atoms with Crippen LogP contribution in [0.25, 0.3) is 0 Å². The largest absolute Gasteiger partial charge is 0.468 e. The minimum Gasteiger partial charge on any atom is -0.468 e. The third-order valence-electron chi connectivity index (χ3n) is 2.36. The number of nitrogens with two attached hydrogens (primary N) is 1. The number of carbonyl (C=O) groups excluding carboxylic acids is 2. The molecule has 0 aromatic rings. The summed E-state index contributed by atoms with van der Waals surface area (Å²) < 4.78 is 9.63. The van der Waals surface area contributed by atoms with Crippen LogP contribution in [-0.4, -0.2) is 37.4 Å². The highest BCUT2D eigenvalue weighted by Crippen LogP contribution is 2.07. The van der Waals surface area contributed by atoms with Crippen LogP contribution in [0.1, 0.15) is 46.5 Å². The molecule has 0 radical (unpaired) electrons. The van der Waals surface area contributed by atoms with Crippen molar-refractivity contribution < 1.29 is 19.1 Å². The number of ether oxygens (including phenoxy) is 2. The molecular formula is C13H27ClN2O4. The van der Waals surface area contributed by atoms with Gasteiger partial charge in [-0.15, -0.1) is 12.4 Å². The van der Waals surface area contributed by atoms with Crippen LogP contribution < -0.4 is 11.1 Å². The molecule has 1 atom stereocenters. The molecule has 0 spiro atoms. The summed E-state index contributed by atoms with van der Waals surface area (Å²) in [6, 6.07) is -0.552. The highest BCUT2D eigenvalue weighted by atomic mass is 35.5. The van der Waals surface area contributed by atoms with Crippen LogP contribution in [0.15, 0.2) is 0 Å². The SMILES string of the molecule is COC(=O)[C@@H](N)CCCCCNC(=O)OC(C)(C)C.Cl. The van der Waals surface area contributed by atoms with Gasteiger partial charge in [0.1, 0.15) is 11.6 Å². The fourth-order valence-corrected chi connectivity index (χ4v) is 1.44. The van der Waals surface area contributed by atoms with Crippen LogP contribution in [0.4, 0.5) is 4.79 Å². The number of methoxy groups -OCH3 is 1. The Labute approximate surface area is 127 Å². The van der Waals surface area contributed by atoms with E-state index in [4.69, 9.17) is 10.5 Å². The molecule has 3 N–H and O–H groups in total. The maximum absolute atomic E-state index is 11.3. The number of hydrogen-bond donors (Lipinski definition) is 2. The standard InChI is InChI=1S/C13H26N2O4.ClH/c1-13(2,3)19-12(17)15-9-7-5-6-8-10(14)11(16)18-4;/h10H,5-9,14H2,1-4H3,(H,15,17);1H/t10-;/m0./s1. The second kappa shape index (κ2) is 10.7. The first-order valence-electron chi connectivity index (χ1n) is 6.56. The normalized spacial score (nSPS) is 12.1. The van der Waals surface area contributed by atoms with Crippen molar-refractivity contribution in [1.82, 2.24) is 5.32 Å². The lowest BCUT2D eigenvalue weighted by atomic mass is 10.1. The highest BCUT2D eigenvalue weighted by molar-refractivity contribution is 5.85. The first-order chi connectivity index (χ1) is 8.76. The van der Waals surface area contributed by atoms with Crippen molar-refractivity contribution in [2.75, 3.05) is 13.7 Å². The molecule has 6 nitrogen and oxygen atoms in total. The van der Waals surface area contributed by atoms with Gasteiger partial charge in [0.05, 0.1) is 7.11 Å². The van der Waals surface area contributed by atoms with Crippen molar-refractivity contribution in [3.8, 4) is 0 Å². The topological polar surface area (TPSA) is 90.6 Å². The summed E-state index contributed by atoms with van der Waals surface area (Å²) in [6.45, 7) is 6.02. The number of unbranched alkanes of at least 4 members (excludes halogenated alkanes) is 2. The Morgan fingerprint density at radius 3 is 2.30 bits per heavy atom. The van der Waals surface area contributed by atoms with Crippen molar-refractivity contribution in [3.63, 3.8) is 0 Å². The maximum atomic E-state index is 11.3. The van der Waals surface area contributed by atoms with Gasteiger partial charge in [0.2, 0.25) is 0 Å². The van der Waals surface area contributed by atoms with E-state index in [0.29, 0.717) is 13.0 Å². The first-order valence-corrected chi connectivity index (χ1v) is 6.56. The van der Waals surface area contributed by atoms with Gasteiger partial charge in [0.15, 0.2) is 0 Å². The highest BCUT2D eigenvalue weighted by Gasteiger charge is 2.15. The Bertz CT molecular complexity index is 293. The van der Waals surface area contributed by atoms with Gasteiger partial charge in [0, 0.05) is 6.54 Å². The van der Waals surface area contributed by atoms with E-state index >= 15 is 0 Å². The summed E-state index contributed by atoms with van der Waals surface area (Å²) in [7, 11) is 1.33. The van der Waals surface area contributed by atoms with Crippen LogP contribution >= 0.6 is 12.4 Å². The van der Waals surface area contributed by atoms with Crippen LogP contribution in [0.5, 0.6) is 0 Å². The van der Waals surface area contributed by atoms with Crippen molar-refractivity contribution in [3.05, 3.63) is 0 Å². The molecule has 120 valence electrons. The molecule has 0 aliphatic rings. The Kier molecular flexibility index (Phi) is 11.4. The summed E-state index contributed by atoms with van der Waals surface area (Å²) in [5.74, 6) is -0.383. The molecule has 20 heavy (non-hydrogen) atoms. The molecule has 0 unspecified atom stereocenters. The van der Waals surface area contributed by atoms with Gasteiger partial charge < -0.3 is 20.5 Å². The van der Waals surface area contributed by atoms with Gasteiger partial charge in [-0.05, 0) is 33.6 Å². The monoisotopic (exact) mass is 310 g/mol. The van der Waals surface area contributed by atoms with Gasteiger partial charge >= 0.3 is 12.1 Å². The number of esters is 1. The summed E-state index contributed by atoms with van der Waals surface area (Å²) in [5, 5.41) is 2.68. The van der Waals surface area contributed by atoms with E-state index in [9.17, 15) is 9.59 Å². The second-order valence-electron chi connectivity index (χ2n) is 5.41. The maximum Gasteiger partial charge on any atom is 0.407 e. The van der Waals surface area contributed by atoms with Gasteiger partial charge in [-0.3, -0.25) is 4.79 Å². The molecular weight excluding hydrogens is 284 g/mol. The zero-order chi connectivity index (χ0) is 14.9. The predicted octanol–water partition coefficient (Wildman–Crippen LogP) is 1.99. The summed E-state index contributed by atoms with van der Waals surface area (Å²) >= 11 is 0. The third kappa shape index (κ3) is 12.0. The van der Waals surface area contributed by atoms with Gasteiger partial charge in [-0.2, -0.15) is 0 Å². The first kappa shape index (κ1) is 21.3. The Hall–Kier alpha value is -1.01. The van der Waals surface area contributed by atoms with Crippen molar-refractivity contribution in [1.29, 1.82) is 0 Å². The van der Waals surface area contributed by atoms with E-state index < -0.39 is 17.7 Å². The summed E-state index contributed by atoms with van der Waals surface area (Å²) in [6.07, 6.45) is 2.73. The lowest BCUT2D eigenvalue weighted by Crippen LogP contribution is -2.33. The minimum absolute atomic E-state index is 0. The number of hydrogen-bond acceptors (Lipinski definition) is 5. The fraction of sp³-hybridized carbons (Fsp3) is 0.846. The smallest absolute Gasteiger partial charge is 0.407 e. The summed E-state index contributed by atoms with van der Waals surface area (Å²) in [4.78, 5) is 22.3. The third-order valence-corrected chi connectivity index (χ3v) is 2.36. The summed E-state index contributed by atoms with van der Waals surface area (Å²) in [5.41, 5.74) is 5.12. The molecule has 0 aromatic heterocycles. The molecule has 0 aliphatic heterocycles. The molecule has 0 aliphatic carbocycles. The van der Waals surface area contributed by atoms with Crippen molar-refractivity contribution >= 4 is 24.5 Å². The van der Waals surface area contributed by atoms with Gasteiger partial charge in [-0.1, -0.05) is 12.8 Å². The Morgan fingerprint density at radius 2 is 1.80 bits per heavy atom. The number of amides is 1. The number of alkyl carbamates (subject to hydrolysis) is 1. The van der Waals surface area contributed by atoms with E-state index in [1.165, 1.54) is 7.11 Å². The predicted molar refractivity (Wildman–Crippen MR) is 79.9 cm³/mol. The number of nitrogens with one attached hydrogen (secondary N) is 1. The number of rotatable bonds is 7. The van der Waals surface area contributed by atoms with Crippen LogP contribution in [0.2, 0.25) is 0 Å². The molecule has 0 saturated carbocycles. The molecule has 1 amide bonds. The Balaban J connectivity index is 0. The molecule has 0 rings (SSSR count). The van der Waals surface area contributed by atoms with Crippen LogP contribution in [0.3, 0.4) is 0 Å². The molecule has 0 fully saturated rings. The Morgan fingerprint density at radius 1 is 1.20 bits per heavy atom. The van der Waals surface area contributed by atoms with E-state index in [0.717, 1.165) is 19.3 Å². The fourth-order valence-electron chi connectivity index (χ4n) is 1.44. The van der Waals surface area contributed by atoms with Crippen LogP contribution in [-0.2, 0) is 14.3 Å². The molecule has 7 heteroatoms. The van der Waals surface area contributed by atoms with E-state index in [1.807, 2.05) is 20.8 Å². The average molecular weight is 311 g/mol. The zero-order valence-corrected chi connectivity index (χ0v) is 13.5. The molecule has 0 bridgehead atoms. The van der Waals surface area contributed by atoms with Gasteiger partial charge in [-0.25, -0.2) is 4.79 Å². The number of halogens is 1. The quantitative estimate of drug-likeness (QED) is 0.554. The van der Waals surface area contributed by atoms with E-state index in [2.05, 4.69) is 10.1 Å². The molecule has 0 heterocycles. The minimum atomic E-state index is -0.552. The van der Waals surface area contributed by atoms with Crippen LogP contribution in [0, 0.1) is 0 Å². The lowest BCUT2D eigenvalue weighted by molar-refractivity contribution is -0.142. The second-order valence-corrected chi connectivity index (χ2v) is 5.41. The van der Waals surface area contributed by atoms with E-state index in [-0.39, 0.29) is 18.4 Å².